The molecule has 6 nitrogen and oxygen atoms in total. The summed E-state index contributed by atoms with van der Waals surface area (Å²) in [7, 11) is 1.34. The van der Waals surface area contributed by atoms with Crippen LogP contribution in [0.5, 0.6) is 0 Å². The van der Waals surface area contributed by atoms with Crippen molar-refractivity contribution in [3.05, 3.63) is 82.0 Å². The summed E-state index contributed by atoms with van der Waals surface area (Å²) in [5, 5.41) is 3.92. The van der Waals surface area contributed by atoms with Crippen LogP contribution in [0.1, 0.15) is 21.7 Å². The molecule has 1 heterocycles. The zero-order valence-electron chi connectivity index (χ0n) is 15.0. The molecule has 0 unspecified atom stereocenters. The van der Waals surface area contributed by atoms with Gasteiger partial charge in [0.2, 0.25) is 5.91 Å². The first-order valence-electron chi connectivity index (χ1n) is 8.40. The first kappa shape index (κ1) is 19.6. The fraction of sp³-hybridized carbons (Fsp3) is 0.0952. The van der Waals surface area contributed by atoms with Gasteiger partial charge in [-0.2, -0.15) is 5.10 Å². The number of hydrogen-bond acceptors (Lipinski definition) is 5. The molecule has 0 aliphatic rings. The molecule has 0 aliphatic carbocycles. The van der Waals surface area contributed by atoms with E-state index in [1.54, 1.807) is 36.4 Å². The van der Waals surface area contributed by atoms with Crippen molar-refractivity contribution in [2.45, 2.75) is 6.42 Å². The van der Waals surface area contributed by atoms with E-state index in [1.807, 2.05) is 24.3 Å². The van der Waals surface area contributed by atoms with Crippen LogP contribution in [0.3, 0.4) is 0 Å². The monoisotopic (exact) mass is 440 g/mol. The molecule has 0 spiro atoms. The molecule has 1 amide bonds. The summed E-state index contributed by atoms with van der Waals surface area (Å²) in [6.45, 7) is 0. The van der Waals surface area contributed by atoms with Crippen molar-refractivity contribution in [2.24, 2.45) is 5.10 Å². The highest BCUT2D eigenvalue weighted by molar-refractivity contribution is 9.10. The fourth-order valence-corrected chi connectivity index (χ4v) is 2.73. The number of halogens is 1. The fourth-order valence-electron chi connectivity index (χ4n) is 2.46. The summed E-state index contributed by atoms with van der Waals surface area (Å²) in [4.78, 5) is 23.4. The van der Waals surface area contributed by atoms with Gasteiger partial charge in [-0.3, -0.25) is 4.79 Å². The number of ether oxygens (including phenoxy) is 1. The van der Waals surface area contributed by atoms with Crippen molar-refractivity contribution in [3.8, 4) is 11.3 Å². The molecular formula is C21H17BrN2O4. The molecule has 0 radical (unpaired) electrons. The number of hydrogen-bond donors (Lipinski definition) is 1. The minimum Gasteiger partial charge on any atom is -0.465 e. The number of nitrogens with one attached hydrogen (secondary N) is 1. The van der Waals surface area contributed by atoms with Gasteiger partial charge in [-0.05, 0) is 42.0 Å². The Morgan fingerprint density at radius 1 is 1.07 bits per heavy atom. The molecule has 0 saturated carbocycles. The molecule has 2 aromatic carbocycles. The number of esters is 1. The standard InChI is InChI=1S/C21H17BrN2O4/c1-27-21(26)16-6-4-15(5-7-16)19-11-10-18(28-19)13-23-24-20(25)12-14-2-8-17(22)9-3-14/h2-11,13H,12H2,1H3,(H,24,25)/b23-13-. The van der Waals surface area contributed by atoms with E-state index in [2.05, 4.69) is 31.2 Å². The van der Waals surface area contributed by atoms with E-state index >= 15 is 0 Å². The van der Waals surface area contributed by atoms with Gasteiger partial charge in [0.15, 0.2) is 0 Å². The van der Waals surface area contributed by atoms with Crippen LogP contribution in [0.25, 0.3) is 11.3 Å². The van der Waals surface area contributed by atoms with Gasteiger partial charge >= 0.3 is 5.97 Å². The van der Waals surface area contributed by atoms with Crippen LogP contribution >= 0.6 is 15.9 Å². The number of hydrazone groups is 1. The second-order valence-electron chi connectivity index (χ2n) is 5.87. The lowest BCUT2D eigenvalue weighted by Gasteiger charge is -2.01. The Labute approximate surface area is 170 Å². The predicted octanol–water partition coefficient (Wildman–Crippen LogP) is 4.19. The number of nitrogens with zero attached hydrogens (tertiary/aromatic N) is 1. The van der Waals surface area contributed by atoms with Crippen molar-refractivity contribution >= 4 is 34.0 Å². The average Bonchev–Trinajstić information content (AvgIpc) is 3.18. The summed E-state index contributed by atoms with van der Waals surface area (Å²) in [5.74, 6) is 0.511. The molecule has 0 bridgehead atoms. The largest absolute Gasteiger partial charge is 0.465 e. The lowest BCUT2D eigenvalue weighted by molar-refractivity contribution is -0.120. The van der Waals surface area contributed by atoms with Crippen LogP contribution in [0.4, 0.5) is 0 Å². The second kappa shape index (κ2) is 9.14. The van der Waals surface area contributed by atoms with E-state index in [0.717, 1.165) is 15.6 Å². The molecule has 7 heteroatoms. The van der Waals surface area contributed by atoms with Gasteiger partial charge in [-0.15, -0.1) is 0 Å². The van der Waals surface area contributed by atoms with Crippen LogP contribution in [-0.2, 0) is 16.0 Å². The Morgan fingerprint density at radius 3 is 2.46 bits per heavy atom. The number of methoxy groups -OCH3 is 1. The maximum Gasteiger partial charge on any atom is 0.337 e. The number of carbonyl (C=O) groups excluding carboxylic acids is 2. The summed E-state index contributed by atoms with van der Waals surface area (Å²) < 4.78 is 11.3. The zero-order chi connectivity index (χ0) is 19.9. The maximum atomic E-state index is 11.9. The van der Waals surface area contributed by atoms with Crippen LogP contribution in [0, 0.1) is 0 Å². The number of rotatable bonds is 6. The van der Waals surface area contributed by atoms with Gasteiger partial charge in [-0.25, -0.2) is 10.2 Å². The Balaban J connectivity index is 1.57. The summed E-state index contributed by atoms with van der Waals surface area (Å²) in [5.41, 5.74) is 4.65. The molecule has 0 fully saturated rings. The quantitative estimate of drug-likeness (QED) is 0.354. The van der Waals surface area contributed by atoms with Crippen LogP contribution in [0.2, 0.25) is 0 Å². The predicted molar refractivity (Wildman–Crippen MR) is 109 cm³/mol. The number of furan rings is 1. The Morgan fingerprint density at radius 2 is 1.79 bits per heavy atom. The van der Waals surface area contributed by atoms with E-state index in [9.17, 15) is 9.59 Å². The van der Waals surface area contributed by atoms with Gasteiger partial charge in [0.1, 0.15) is 11.5 Å². The Bertz CT molecular complexity index is 992. The molecule has 3 aromatic rings. The van der Waals surface area contributed by atoms with Gasteiger partial charge < -0.3 is 9.15 Å². The number of carbonyl (C=O) groups is 2. The van der Waals surface area contributed by atoms with Gasteiger partial charge in [-0.1, -0.05) is 40.2 Å². The SMILES string of the molecule is COC(=O)c1ccc(-c2ccc(/C=N\NC(=O)Cc3ccc(Br)cc3)o2)cc1. The van der Waals surface area contributed by atoms with E-state index in [1.165, 1.54) is 13.3 Å². The van der Waals surface area contributed by atoms with E-state index in [0.29, 0.717) is 17.1 Å². The average molecular weight is 441 g/mol. The van der Waals surface area contributed by atoms with Gasteiger partial charge in [0, 0.05) is 10.0 Å². The molecule has 3 rings (SSSR count). The Kier molecular flexibility index (Phi) is 6.39. The van der Waals surface area contributed by atoms with Gasteiger partial charge in [0.25, 0.3) is 0 Å². The van der Waals surface area contributed by atoms with Crippen LogP contribution in [0.15, 0.2) is 74.7 Å². The van der Waals surface area contributed by atoms with Crippen molar-refractivity contribution in [1.29, 1.82) is 0 Å². The topological polar surface area (TPSA) is 80.9 Å². The second-order valence-corrected chi connectivity index (χ2v) is 6.78. The highest BCUT2D eigenvalue weighted by atomic mass is 79.9. The van der Waals surface area contributed by atoms with E-state index in [-0.39, 0.29) is 12.3 Å². The molecule has 28 heavy (non-hydrogen) atoms. The highest BCUT2D eigenvalue weighted by Crippen LogP contribution is 2.22. The maximum absolute atomic E-state index is 11.9. The lowest BCUT2D eigenvalue weighted by atomic mass is 10.1. The third-order valence-electron chi connectivity index (χ3n) is 3.88. The Hall–Kier alpha value is -3.19. The highest BCUT2D eigenvalue weighted by Gasteiger charge is 2.08. The number of amides is 1. The van der Waals surface area contributed by atoms with E-state index < -0.39 is 5.97 Å². The third-order valence-corrected chi connectivity index (χ3v) is 4.40. The lowest BCUT2D eigenvalue weighted by Crippen LogP contribution is -2.19. The zero-order valence-corrected chi connectivity index (χ0v) is 16.6. The summed E-state index contributed by atoms with van der Waals surface area (Å²) in [6.07, 6.45) is 1.67. The first-order chi connectivity index (χ1) is 13.5. The van der Waals surface area contributed by atoms with Crippen molar-refractivity contribution in [3.63, 3.8) is 0 Å². The summed E-state index contributed by atoms with van der Waals surface area (Å²) in [6, 6.07) is 17.9. The summed E-state index contributed by atoms with van der Waals surface area (Å²) >= 11 is 3.36. The first-order valence-corrected chi connectivity index (χ1v) is 9.19. The van der Waals surface area contributed by atoms with Gasteiger partial charge in [0.05, 0.1) is 25.3 Å². The van der Waals surface area contributed by atoms with Crippen LogP contribution in [-0.4, -0.2) is 25.2 Å². The molecule has 1 aromatic heterocycles. The minimum absolute atomic E-state index is 0.219. The third kappa shape index (κ3) is 5.17. The normalized spacial score (nSPS) is 10.8. The number of benzene rings is 2. The van der Waals surface area contributed by atoms with Crippen molar-refractivity contribution in [1.82, 2.24) is 5.43 Å². The van der Waals surface area contributed by atoms with Crippen molar-refractivity contribution < 1.29 is 18.7 Å². The molecule has 142 valence electrons. The molecule has 0 saturated heterocycles. The van der Waals surface area contributed by atoms with E-state index in [4.69, 9.17) is 4.42 Å². The van der Waals surface area contributed by atoms with Crippen molar-refractivity contribution in [2.75, 3.05) is 7.11 Å². The molecule has 0 aliphatic heterocycles. The van der Waals surface area contributed by atoms with Crippen LogP contribution < -0.4 is 5.43 Å². The minimum atomic E-state index is -0.391. The molecule has 1 N–H and O–H groups in total. The smallest absolute Gasteiger partial charge is 0.337 e. The molecule has 0 atom stereocenters. The molecular weight excluding hydrogens is 424 g/mol.